The van der Waals surface area contributed by atoms with Crippen molar-refractivity contribution in [3.63, 3.8) is 0 Å². The highest BCUT2D eigenvalue weighted by Gasteiger charge is 2.44. The van der Waals surface area contributed by atoms with E-state index in [0.29, 0.717) is 26.1 Å². The molecule has 0 aromatic heterocycles. The van der Waals surface area contributed by atoms with Crippen LogP contribution in [0.4, 0.5) is 4.79 Å². The Bertz CT molecular complexity index is 405. The van der Waals surface area contributed by atoms with E-state index in [1.807, 2.05) is 6.92 Å². The van der Waals surface area contributed by atoms with Crippen LogP contribution in [0.5, 0.6) is 0 Å². The lowest BCUT2D eigenvalue weighted by Crippen LogP contribution is -2.53. The molecule has 1 aliphatic carbocycles. The Labute approximate surface area is 165 Å². The highest BCUT2D eigenvalue weighted by molar-refractivity contribution is 5.86. The number of hydrogen-bond donors (Lipinski definition) is 1. The Morgan fingerprint density at radius 1 is 0.741 bits per heavy atom. The molecule has 1 N–H and O–H groups in total. The lowest BCUT2D eigenvalue weighted by atomic mass is 9.98. The summed E-state index contributed by atoms with van der Waals surface area (Å²) in [4.78, 5) is 24.4. The van der Waals surface area contributed by atoms with Crippen LogP contribution in [0, 0.1) is 0 Å². The van der Waals surface area contributed by atoms with Crippen LogP contribution in [-0.2, 0) is 14.3 Å². The molecule has 0 radical (unpaired) electrons. The van der Waals surface area contributed by atoms with Gasteiger partial charge in [0.2, 0.25) is 0 Å². The van der Waals surface area contributed by atoms with E-state index in [-0.39, 0.29) is 5.97 Å². The number of rotatable bonds is 15. The summed E-state index contributed by atoms with van der Waals surface area (Å²) in [5, 5.41) is 2.78. The van der Waals surface area contributed by atoms with Crippen LogP contribution >= 0.6 is 0 Å². The second kappa shape index (κ2) is 14.8. The zero-order valence-corrected chi connectivity index (χ0v) is 17.7. The molecule has 1 saturated carbocycles. The topological polar surface area (TPSA) is 64.6 Å². The first-order chi connectivity index (χ1) is 13.1. The largest absolute Gasteiger partial charge is 0.464 e. The third-order valence-electron chi connectivity index (χ3n) is 5.36. The number of hydrogen-bond acceptors (Lipinski definition) is 4. The molecule has 0 heterocycles. The standard InChI is InChI=1S/C22H41NO4/c1-3-5-6-7-8-9-10-11-12-15-19-26-20(24)22(16-13-14-17-22)23-21(25)27-18-4-2/h3-19H2,1-2H3,(H,23,25). The van der Waals surface area contributed by atoms with E-state index in [0.717, 1.165) is 32.1 Å². The molecule has 1 fully saturated rings. The van der Waals surface area contributed by atoms with Crippen LogP contribution in [0.2, 0.25) is 0 Å². The van der Waals surface area contributed by atoms with Gasteiger partial charge < -0.3 is 14.8 Å². The molecule has 0 bridgehead atoms. The van der Waals surface area contributed by atoms with Crippen LogP contribution in [0.15, 0.2) is 0 Å². The molecule has 0 unspecified atom stereocenters. The van der Waals surface area contributed by atoms with E-state index in [9.17, 15) is 9.59 Å². The Kier molecular flexibility index (Phi) is 13.0. The first kappa shape index (κ1) is 23.8. The number of amides is 1. The Hall–Kier alpha value is -1.26. The predicted octanol–water partition coefficient (Wildman–Crippen LogP) is 5.90. The average molecular weight is 384 g/mol. The summed E-state index contributed by atoms with van der Waals surface area (Å²) in [7, 11) is 0. The van der Waals surface area contributed by atoms with Gasteiger partial charge in [-0.25, -0.2) is 9.59 Å². The third-order valence-corrected chi connectivity index (χ3v) is 5.36. The SMILES string of the molecule is CCCCCCCCCCCCOC(=O)C1(NC(=O)OCCC)CCCC1. The number of carbonyl (C=O) groups is 2. The second-order valence-electron chi connectivity index (χ2n) is 7.87. The number of unbranched alkanes of at least 4 members (excludes halogenated alkanes) is 9. The van der Waals surface area contributed by atoms with Crippen molar-refractivity contribution in [2.24, 2.45) is 0 Å². The van der Waals surface area contributed by atoms with E-state index < -0.39 is 11.6 Å². The van der Waals surface area contributed by atoms with Gasteiger partial charge in [0.25, 0.3) is 0 Å². The lowest BCUT2D eigenvalue weighted by Gasteiger charge is -2.27. The van der Waals surface area contributed by atoms with Gasteiger partial charge in [-0.2, -0.15) is 0 Å². The predicted molar refractivity (Wildman–Crippen MR) is 109 cm³/mol. The molecule has 27 heavy (non-hydrogen) atoms. The quantitative estimate of drug-likeness (QED) is 0.282. The second-order valence-corrected chi connectivity index (χ2v) is 7.87. The van der Waals surface area contributed by atoms with Gasteiger partial charge in [-0.15, -0.1) is 0 Å². The van der Waals surface area contributed by atoms with Gasteiger partial charge in [0.15, 0.2) is 0 Å². The molecule has 0 aromatic carbocycles. The molecule has 0 saturated heterocycles. The monoisotopic (exact) mass is 383 g/mol. The van der Waals surface area contributed by atoms with Crippen molar-refractivity contribution in [2.45, 2.75) is 116 Å². The summed E-state index contributed by atoms with van der Waals surface area (Å²) in [5.74, 6) is -0.288. The molecule has 5 nitrogen and oxygen atoms in total. The van der Waals surface area contributed by atoms with Crippen molar-refractivity contribution in [3.05, 3.63) is 0 Å². The zero-order valence-electron chi connectivity index (χ0n) is 17.7. The molecule has 0 spiro atoms. The van der Waals surface area contributed by atoms with Gasteiger partial charge in [-0.05, 0) is 25.7 Å². The van der Waals surface area contributed by atoms with Crippen molar-refractivity contribution in [1.29, 1.82) is 0 Å². The first-order valence-corrected chi connectivity index (χ1v) is 11.3. The number of alkyl carbamates (subject to hydrolysis) is 1. The lowest BCUT2D eigenvalue weighted by molar-refractivity contribution is -0.151. The normalized spacial score (nSPS) is 15.5. The Morgan fingerprint density at radius 2 is 1.30 bits per heavy atom. The highest BCUT2D eigenvalue weighted by Crippen LogP contribution is 2.31. The van der Waals surface area contributed by atoms with Crippen LogP contribution in [-0.4, -0.2) is 30.8 Å². The van der Waals surface area contributed by atoms with Crippen molar-refractivity contribution >= 4 is 12.1 Å². The summed E-state index contributed by atoms with van der Waals surface area (Å²) in [5.41, 5.74) is -0.872. The van der Waals surface area contributed by atoms with Gasteiger partial charge in [0.1, 0.15) is 5.54 Å². The molecule has 1 rings (SSSR count). The molecule has 158 valence electrons. The third kappa shape index (κ3) is 10.0. The maximum absolute atomic E-state index is 12.5. The van der Waals surface area contributed by atoms with E-state index in [1.165, 1.54) is 51.4 Å². The van der Waals surface area contributed by atoms with Gasteiger partial charge in [0.05, 0.1) is 13.2 Å². The number of carbonyl (C=O) groups excluding carboxylic acids is 2. The zero-order chi connectivity index (χ0) is 19.8. The van der Waals surface area contributed by atoms with E-state index in [1.54, 1.807) is 0 Å². The van der Waals surface area contributed by atoms with Crippen LogP contribution in [0.25, 0.3) is 0 Å². The fourth-order valence-corrected chi connectivity index (χ4v) is 3.68. The van der Waals surface area contributed by atoms with Crippen LogP contribution in [0.3, 0.4) is 0 Å². The van der Waals surface area contributed by atoms with E-state index in [2.05, 4.69) is 12.2 Å². The number of esters is 1. The summed E-state index contributed by atoms with van der Waals surface area (Å²) in [6, 6.07) is 0. The van der Waals surface area contributed by atoms with E-state index in [4.69, 9.17) is 9.47 Å². The van der Waals surface area contributed by atoms with Gasteiger partial charge in [-0.3, -0.25) is 0 Å². The van der Waals surface area contributed by atoms with Crippen molar-refractivity contribution < 1.29 is 19.1 Å². The van der Waals surface area contributed by atoms with Gasteiger partial charge in [-0.1, -0.05) is 84.5 Å². The number of nitrogens with one attached hydrogen (secondary N) is 1. The molecule has 1 aliphatic rings. The Balaban J connectivity index is 2.13. The minimum atomic E-state index is -0.872. The number of ether oxygens (including phenoxy) is 2. The van der Waals surface area contributed by atoms with E-state index >= 15 is 0 Å². The summed E-state index contributed by atoms with van der Waals surface area (Å²) in [6.45, 7) is 5.01. The summed E-state index contributed by atoms with van der Waals surface area (Å²) >= 11 is 0. The summed E-state index contributed by atoms with van der Waals surface area (Å²) < 4.78 is 10.6. The molecule has 0 atom stereocenters. The van der Waals surface area contributed by atoms with Crippen LogP contribution < -0.4 is 5.32 Å². The van der Waals surface area contributed by atoms with Gasteiger partial charge >= 0.3 is 12.1 Å². The maximum Gasteiger partial charge on any atom is 0.408 e. The molecular weight excluding hydrogens is 342 g/mol. The highest BCUT2D eigenvalue weighted by atomic mass is 16.6. The molecular formula is C22H41NO4. The molecule has 1 amide bonds. The minimum Gasteiger partial charge on any atom is -0.464 e. The molecule has 0 aromatic rings. The first-order valence-electron chi connectivity index (χ1n) is 11.3. The van der Waals surface area contributed by atoms with Crippen LogP contribution in [0.1, 0.15) is 110 Å². The Morgan fingerprint density at radius 3 is 1.85 bits per heavy atom. The minimum absolute atomic E-state index is 0.288. The molecule has 5 heteroatoms. The molecule has 0 aliphatic heterocycles. The fourth-order valence-electron chi connectivity index (χ4n) is 3.68. The smallest absolute Gasteiger partial charge is 0.408 e. The fraction of sp³-hybridized carbons (Fsp3) is 0.909. The maximum atomic E-state index is 12.5. The van der Waals surface area contributed by atoms with Crippen molar-refractivity contribution in [3.8, 4) is 0 Å². The average Bonchev–Trinajstić information content (AvgIpc) is 3.14. The van der Waals surface area contributed by atoms with Gasteiger partial charge in [0, 0.05) is 0 Å². The van der Waals surface area contributed by atoms with Crippen molar-refractivity contribution in [2.75, 3.05) is 13.2 Å². The summed E-state index contributed by atoms with van der Waals surface area (Å²) in [6.07, 6.45) is 15.9. The van der Waals surface area contributed by atoms with Crippen molar-refractivity contribution in [1.82, 2.24) is 5.32 Å².